The molecule has 0 aromatic heterocycles. The second kappa shape index (κ2) is 4.80. The summed E-state index contributed by atoms with van der Waals surface area (Å²) in [7, 11) is 0. The molecule has 0 aliphatic carbocycles. The number of benzene rings is 2. The van der Waals surface area contributed by atoms with Gasteiger partial charge in [-0.15, -0.1) is 5.73 Å². The first-order chi connectivity index (χ1) is 7.83. The zero-order valence-corrected chi connectivity index (χ0v) is 9.06. The van der Waals surface area contributed by atoms with Gasteiger partial charge in [0.05, 0.1) is 6.10 Å². The predicted molar refractivity (Wildman–Crippen MR) is 67.2 cm³/mol. The van der Waals surface area contributed by atoms with Gasteiger partial charge in [0.15, 0.2) is 0 Å². The normalized spacial score (nSPS) is 12.1. The van der Waals surface area contributed by atoms with E-state index in [2.05, 4.69) is 24.4 Å². The highest BCUT2D eigenvalue weighted by Crippen LogP contribution is 2.26. The van der Waals surface area contributed by atoms with Crippen LogP contribution in [-0.4, -0.2) is 5.11 Å². The summed E-state index contributed by atoms with van der Waals surface area (Å²) in [6, 6.07) is 14.1. The van der Waals surface area contributed by atoms with Crippen LogP contribution in [-0.2, 0) is 0 Å². The molecule has 80 valence electrons. The number of aliphatic hydroxyl groups excluding tert-OH is 1. The molecule has 0 saturated carbocycles. The Morgan fingerprint density at radius 3 is 2.75 bits per heavy atom. The van der Waals surface area contributed by atoms with E-state index in [1.807, 2.05) is 30.3 Å². The van der Waals surface area contributed by atoms with Crippen molar-refractivity contribution in [2.75, 3.05) is 0 Å². The Labute approximate surface area is 95.4 Å². The molecule has 0 radical (unpaired) electrons. The summed E-state index contributed by atoms with van der Waals surface area (Å²) in [6.07, 6.45) is 1.82. The van der Waals surface area contributed by atoms with Crippen molar-refractivity contribution in [1.29, 1.82) is 0 Å². The topological polar surface area (TPSA) is 20.2 Å². The van der Waals surface area contributed by atoms with Gasteiger partial charge in [-0.05, 0) is 22.4 Å². The van der Waals surface area contributed by atoms with Crippen molar-refractivity contribution in [3.8, 4) is 0 Å². The number of hydrogen-bond acceptors (Lipinski definition) is 1. The Morgan fingerprint density at radius 1 is 1.19 bits per heavy atom. The first-order valence-corrected chi connectivity index (χ1v) is 5.33. The Balaban J connectivity index is 2.47. The zero-order chi connectivity index (χ0) is 11.4. The van der Waals surface area contributed by atoms with Gasteiger partial charge in [-0.3, -0.25) is 0 Å². The molecule has 0 aliphatic heterocycles. The molecule has 16 heavy (non-hydrogen) atoms. The van der Waals surface area contributed by atoms with E-state index < -0.39 is 6.10 Å². The van der Waals surface area contributed by atoms with Crippen LogP contribution in [0, 0.1) is 0 Å². The van der Waals surface area contributed by atoms with Crippen LogP contribution < -0.4 is 0 Å². The maximum absolute atomic E-state index is 10.1. The van der Waals surface area contributed by atoms with E-state index >= 15 is 0 Å². The fraction of sp³-hybridized carbons (Fsp3) is 0.133. The third-order valence-electron chi connectivity index (χ3n) is 2.67. The lowest BCUT2D eigenvalue weighted by atomic mass is 9.99. The fourth-order valence-electron chi connectivity index (χ4n) is 1.86. The highest BCUT2D eigenvalue weighted by atomic mass is 16.3. The Hall–Kier alpha value is -1.82. The number of fused-ring (bicyclic) bond motifs is 1. The molecule has 0 saturated heterocycles. The summed E-state index contributed by atoms with van der Waals surface area (Å²) in [4.78, 5) is 0. The maximum Gasteiger partial charge on any atom is 0.0836 e. The number of rotatable bonds is 3. The van der Waals surface area contributed by atoms with Crippen molar-refractivity contribution in [3.05, 3.63) is 66.4 Å². The molecule has 1 nitrogen and oxygen atoms in total. The highest BCUT2D eigenvalue weighted by molar-refractivity contribution is 5.85. The molecule has 2 aromatic carbocycles. The zero-order valence-electron chi connectivity index (χ0n) is 9.06. The van der Waals surface area contributed by atoms with Gasteiger partial charge in [0, 0.05) is 6.42 Å². The molecular weight excluding hydrogens is 196 g/mol. The first-order valence-electron chi connectivity index (χ1n) is 5.33. The van der Waals surface area contributed by atoms with Crippen molar-refractivity contribution in [3.63, 3.8) is 0 Å². The monoisotopic (exact) mass is 210 g/mol. The minimum absolute atomic E-state index is 0.486. The number of hydrogen-bond donors (Lipinski definition) is 1. The maximum atomic E-state index is 10.1. The van der Waals surface area contributed by atoms with E-state index in [4.69, 9.17) is 0 Å². The summed E-state index contributed by atoms with van der Waals surface area (Å²) >= 11 is 0. The SMILES string of the molecule is C=C=CC[C@@H](O)c1cccc2ccccc12. The third kappa shape index (κ3) is 2.06. The van der Waals surface area contributed by atoms with Gasteiger partial charge in [0.1, 0.15) is 0 Å². The van der Waals surface area contributed by atoms with E-state index in [-0.39, 0.29) is 0 Å². The smallest absolute Gasteiger partial charge is 0.0836 e. The second-order valence-electron chi connectivity index (χ2n) is 3.73. The summed E-state index contributed by atoms with van der Waals surface area (Å²) in [5.74, 6) is 0. The molecule has 1 heteroatoms. The standard InChI is InChI=1S/C15H14O/c1-2-3-11-15(16)14-10-6-8-12-7-4-5-9-13(12)14/h3-10,15-16H,1,11H2/t15-/m1/s1. The summed E-state index contributed by atoms with van der Waals surface area (Å²) in [6.45, 7) is 3.50. The first kappa shape index (κ1) is 10.7. The Kier molecular flexibility index (Phi) is 3.21. The summed E-state index contributed by atoms with van der Waals surface area (Å²) < 4.78 is 0. The van der Waals surface area contributed by atoms with E-state index in [0.29, 0.717) is 6.42 Å². The molecule has 0 aliphatic rings. The van der Waals surface area contributed by atoms with Crippen LogP contribution in [0.3, 0.4) is 0 Å². The molecule has 2 rings (SSSR count). The molecule has 0 bridgehead atoms. The molecule has 1 N–H and O–H groups in total. The van der Waals surface area contributed by atoms with Crippen molar-refractivity contribution in [1.82, 2.24) is 0 Å². The van der Waals surface area contributed by atoms with Crippen LogP contribution in [0.4, 0.5) is 0 Å². The van der Waals surface area contributed by atoms with Crippen molar-refractivity contribution >= 4 is 10.8 Å². The van der Waals surface area contributed by atoms with Gasteiger partial charge in [-0.25, -0.2) is 0 Å². The average Bonchev–Trinajstić information content (AvgIpc) is 2.35. The second-order valence-corrected chi connectivity index (χ2v) is 3.73. The minimum atomic E-state index is -0.486. The van der Waals surface area contributed by atoms with Crippen LogP contribution >= 0.6 is 0 Å². The molecule has 0 fully saturated rings. The lowest BCUT2D eigenvalue weighted by Crippen LogP contribution is -1.96. The van der Waals surface area contributed by atoms with Crippen LogP contribution in [0.5, 0.6) is 0 Å². The van der Waals surface area contributed by atoms with Gasteiger partial charge in [-0.1, -0.05) is 49.0 Å². The van der Waals surface area contributed by atoms with Crippen LogP contribution in [0.2, 0.25) is 0 Å². The summed E-state index contributed by atoms with van der Waals surface area (Å²) in [5.41, 5.74) is 3.64. The minimum Gasteiger partial charge on any atom is -0.388 e. The molecule has 0 heterocycles. The molecule has 2 aromatic rings. The largest absolute Gasteiger partial charge is 0.388 e. The van der Waals surface area contributed by atoms with Crippen LogP contribution in [0.25, 0.3) is 10.8 Å². The van der Waals surface area contributed by atoms with E-state index in [1.165, 1.54) is 0 Å². The lowest BCUT2D eigenvalue weighted by Gasteiger charge is -2.11. The van der Waals surface area contributed by atoms with Crippen LogP contribution in [0.15, 0.2) is 60.9 Å². The lowest BCUT2D eigenvalue weighted by molar-refractivity contribution is 0.183. The van der Waals surface area contributed by atoms with E-state index in [0.717, 1.165) is 16.3 Å². The van der Waals surface area contributed by atoms with Gasteiger partial charge in [-0.2, -0.15) is 0 Å². The molecule has 0 spiro atoms. The highest BCUT2D eigenvalue weighted by Gasteiger charge is 2.08. The summed E-state index contributed by atoms with van der Waals surface area (Å²) in [5, 5.41) is 12.3. The molecular formula is C15H14O. The van der Waals surface area contributed by atoms with E-state index in [1.54, 1.807) is 6.08 Å². The average molecular weight is 210 g/mol. The number of aliphatic hydroxyl groups is 1. The molecule has 0 unspecified atom stereocenters. The van der Waals surface area contributed by atoms with Gasteiger partial charge in [0.25, 0.3) is 0 Å². The quantitative estimate of drug-likeness (QED) is 0.767. The van der Waals surface area contributed by atoms with E-state index in [9.17, 15) is 5.11 Å². The van der Waals surface area contributed by atoms with Gasteiger partial charge in [0.2, 0.25) is 0 Å². The Morgan fingerprint density at radius 2 is 1.94 bits per heavy atom. The predicted octanol–water partition coefficient (Wildman–Crippen LogP) is 3.60. The molecule has 0 amide bonds. The van der Waals surface area contributed by atoms with Crippen LogP contribution in [0.1, 0.15) is 18.1 Å². The fourth-order valence-corrected chi connectivity index (χ4v) is 1.86. The van der Waals surface area contributed by atoms with Crippen molar-refractivity contribution in [2.45, 2.75) is 12.5 Å². The molecule has 1 atom stereocenters. The third-order valence-corrected chi connectivity index (χ3v) is 2.67. The Bertz CT molecular complexity index is 531. The van der Waals surface area contributed by atoms with Crippen molar-refractivity contribution in [2.24, 2.45) is 0 Å². The van der Waals surface area contributed by atoms with Crippen molar-refractivity contribution < 1.29 is 5.11 Å². The van der Waals surface area contributed by atoms with Gasteiger partial charge < -0.3 is 5.11 Å². The van der Waals surface area contributed by atoms with Gasteiger partial charge >= 0.3 is 0 Å².